The standard InChI is InChI=1S/C10H18N4O/c1-2-14-6-3-4-10(5-7-14)8(15)12-9(11)13-10/h2-7H2,1H3,(H3,11,12,13,15). The SMILES string of the molecule is CCN1CCCC2(CC1)N=C(N)NC2=O. The van der Waals surface area contributed by atoms with Gasteiger partial charge in [-0.3, -0.25) is 10.1 Å². The monoisotopic (exact) mass is 210 g/mol. The van der Waals surface area contributed by atoms with E-state index in [-0.39, 0.29) is 11.9 Å². The summed E-state index contributed by atoms with van der Waals surface area (Å²) in [5.74, 6) is 0.267. The maximum Gasteiger partial charge on any atom is 0.254 e. The largest absolute Gasteiger partial charge is 0.370 e. The first-order valence-electron chi connectivity index (χ1n) is 5.55. The molecule has 1 fully saturated rings. The molecule has 1 saturated heterocycles. The highest BCUT2D eigenvalue weighted by molar-refractivity contribution is 6.06. The first-order valence-corrected chi connectivity index (χ1v) is 5.55. The van der Waals surface area contributed by atoms with Crippen LogP contribution in [0, 0.1) is 0 Å². The van der Waals surface area contributed by atoms with E-state index in [9.17, 15) is 4.79 Å². The van der Waals surface area contributed by atoms with Gasteiger partial charge in [0, 0.05) is 6.54 Å². The van der Waals surface area contributed by atoms with Crippen LogP contribution in [0.4, 0.5) is 0 Å². The molecular formula is C10H18N4O. The minimum absolute atomic E-state index is 0.0158. The van der Waals surface area contributed by atoms with E-state index in [1.54, 1.807) is 0 Å². The van der Waals surface area contributed by atoms with Crippen LogP contribution in [0.5, 0.6) is 0 Å². The van der Waals surface area contributed by atoms with Gasteiger partial charge in [0.25, 0.3) is 5.91 Å². The molecule has 1 atom stereocenters. The summed E-state index contributed by atoms with van der Waals surface area (Å²) in [5.41, 5.74) is 4.99. The van der Waals surface area contributed by atoms with E-state index in [0.717, 1.165) is 38.9 Å². The Hall–Kier alpha value is -1.10. The lowest BCUT2D eigenvalue weighted by Gasteiger charge is -2.21. The van der Waals surface area contributed by atoms with E-state index in [0.29, 0.717) is 0 Å². The summed E-state index contributed by atoms with van der Waals surface area (Å²) < 4.78 is 0. The molecule has 0 radical (unpaired) electrons. The van der Waals surface area contributed by atoms with Crippen LogP contribution < -0.4 is 11.1 Å². The average Bonchev–Trinajstić information content (AvgIpc) is 2.39. The van der Waals surface area contributed by atoms with Gasteiger partial charge in [-0.1, -0.05) is 6.92 Å². The Labute approximate surface area is 89.7 Å². The van der Waals surface area contributed by atoms with Crippen molar-refractivity contribution in [2.75, 3.05) is 19.6 Å². The third-order valence-electron chi connectivity index (χ3n) is 3.35. The van der Waals surface area contributed by atoms with Gasteiger partial charge in [-0.2, -0.15) is 0 Å². The highest BCUT2D eigenvalue weighted by atomic mass is 16.2. The van der Waals surface area contributed by atoms with Crippen molar-refractivity contribution >= 4 is 11.9 Å². The number of guanidine groups is 1. The van der Waals surface area contributed by atoms with Crippen molar-refractivity contribution in [1.82, 2.24) is 10.2 Å². The summed E-state index contributed by atoms with van der Waals surface area (Å²) in [5, 5.41) is 2.61. The van der Waals surface area contributed by atoms with Crippen LogP contribution in [-0.4, -0.2) is 41.9 Å². The molecule has 5 heteroatoms. The summed E-state index contributed by atoms with van der Waals surface area (Å²) in [7, 11) is 0. The van der Waals surface area contributed by atoms with Crippen LogP contribution >= 0.6 is 0 Å². The maximum absolute atomic E-state index is 11.8. The lowest BCUT2D eigenvalue weighted by Crippen LogP contribution is -2.41. The van der Waals surface area contributed by atoms with Crippen LogP contribution in [0.1, 0.15) is 26.2 Å². The summed E-state index contributed by atoms with van der Waals surface area (Å²) in [4.78, 5) is 18.4. The van der Waals surface area contributed by atoms with Gasteiger partial charge in [-0.05, 0) is 32.4 Å². The van der Waals surface area contributed by atoms with Crippen LogP contribution in [-0.2, 0) is 4.79 Å². The fourth-order valence-corrected chi connectivity index (χ4v) is 2.37. The first kappa shape index (κ1) is 10.4. The molecule has 0 aromatic rings. The third kappa shape index (κ3) is 1.84. The van der Waals surface area contributed by atoms with Crippen molar-refractivity contribution in [2.24, 2.45) is 10.7 Å². The van der Waals surface area contributed by atoms with Crippen molar-refractivity contribution in [3.63, 3.8) is 0 Å². The van der Waals surface area contributed by atoms with Crippen molar-refractivity contribution < 1.29 is 4.79 Å². The molecule has 0 aromatic carbocycles. The number of rotatable bonds is 1. The van der Waals surface area contributed by atoms with Crippen LogP contribution in [0.2, 0.25) is 0 Å². The Balaban J connectivity index is 2.13. The molecule has 2 aliphatic rings. The molecule has 1 amide bonds. The second-order valence-corrected chi connectivity index (χ2v) is 4.27. The summed E-state index contributed by atoms with van der Waals surface area (Å²) in [6.07, 6.45) is 2.61. The number of likely N-dealkylation sites (tertiary alicyclic amines) is 1. The molecule has 0 bridgehead atoms. The number of amides is 1. The third-order valence-corrected chi connectivity index (χ3v) is 3.35. The zero-order valence-corrected chi connectivity index (χ0v) is 9.12. The fourth-order valence-electron chi connectivity index (χ4n) is 2.37. The van der Waals surface area contributed by atoms with Gasteiger partial charge in [0.05, 0.1) is 0 Å². The number of nitrogens with two attached hydrogens (primary N) is 1. The molecule has 2 aliphatic heterocycles. The van der Waals surface area contributed by atoms with Crippen molar-refractivity contribution in [3.8, 4) is 0 Å². The van der Waals surface area contributed by atoms with E-state index in [4.69, 9.17) is 5.73 Å². The predicted octanol–water partition coefficient (Wildman–Crippen LogP) is -0.324. The molecule has 1 spiro atoms. The molecular weight excluding hydrogens is 192 g/mol. The predicted molar refractivity (Wildman–Crippen MR) is 58.5 cm³/mol. The summed E-state index contributed by atoms with van der Waals surface area (Å²) in [6.45, 7) is 5.17. The van der Waals surface area contributed by atoms with Gasteiger partial charge in [-0.15, -0.1) is 0 Å². The Kier molecular flexibility index (Phi) is 2.65. The molecule has 15 heavy (non-hydrogen) atoms. The average molecular weight is 210 g/mol. The molecule has 2 heterocycles. The molecule has 5 nitrogen and oxygen atoms in total. The van der Waals surface area contributed by atoms with E-state index in [2.05, 4.69) is 22.1 Å². The number of nitrogens with zero attached hydrogens (tertiary/aromatic N) is 2. The zero-order valence-electron chi connectivity index (χ0n) is 9.12. The lowest BCUT2D eigenvalue weighted by molar-refractivity contribution is -0.124. The normalized spacial score (nSPS) is 32.6. The zero-order chi connectivity index (χ0) is 10.9. The number of carbonyl (C=O) groups is 1. The highest BCUT2D eigenvalue weighted by Crippen LogP contribution is 2.29. The molecule has 0 saturated carbocycles. The summed E-state index contributed by atoms with van der Waals surface area (Å²) in [6, 6.07) is 0. The quantitative estimate of drug-likeness (QED) is 0.623. The molecule has 0 aromatic heterocycles. The van der Waals surface area contributed by atoms with Crippen molar-refractivity contribution in [3.05, 3.63) is 0 Å². The topological polar surface area (TPSA) is 70.7 Å². The van der Waals surface area contributed by atoms with Crippen LogP contribution in [0.25, 0.3) is 0 Å². The van der Waals surface area contributed by atoms with Gasteiger partial charge in [0.1, 0.15) is 5.54 Å². The number of carbonyl (C=O) groups excluding carboxylic acids is 1. The van der Waals surface area contributed by atoms with E-state index in [1.807, 2.05) is 0 Å². The number of aliphatic imine (C=N–C) groups is 1. The van der Waals surface area contributed by atoms with Gasteiger partial charge in [0.15, 0.2) is 5.96 Å². The van der Waals surface area contributed by atoms with Crippen LogP contribution in [0.3, 0.4) is 0 Å². The van der Waals surface area contributed by atoms with E-state index in [1.165, 1.54) is 0 Å². The fraction of sp³-hybridized carbons (Fsp3) is 0.800. The molecule has 84 valence electrons. The van der Waals surface area contributed by atoms with Gasteiger partial charge >= 0.3 is 0 Å². The van der Waals surface area contributed by atoms with Crippen molar-refractivity contribution in [2.45, 2.75) is 31.7 Å². The minimum atomic E-state index is -0.562. The smallest absolute Gasteiger partial charge is 0.254 e. The van der Waals surface area contributed by atoms with E-state index < -0.39 is 5.54 Å². The molecule has 3 N–H and O–H groups in total. The maximum atomic E-state index is 11.8. The highest BCUT2D eigenvalue weighted by Gasteiger charge is 2.43. The number of nitrogens with one attached hydrogen (secondary N) is 1. The Bertz CT molecular complexity index is 302. The number of hydrogen-bond donors (Lipinski definition) is 2. The van der Waals surface area contributed by atoms with Gasteiger partial charge < -0.3 is 10.6 Å². The molecule has 2 rings (SSSR count). The molecule has 1 unspecified atom stereocenters. The minimum Gasteiger partial charge on any atom is -0.370 e. The first-order chi connectivity index (χ1) is 7.16. The Morgan fingerprint density at radius 3 is 2.93 bits per heavy atom. The van der Waals surface area contributed by atoms with Crippen molar-refractivity contribution in [1.29, 1.82) is 0 Å². The van der Waals surface area contributed by atoms with Crippen LogP contribution in [0.15, 0.2) is 4.99 Å². The molecule has 0 aliphatic carbocycles. The lowest BCUT2D eigenvalue weighted by atomic mass is 9.91. The second-order valence-electron chi connectivity index (χ2n) is 4.27. The van der Waals surface area contributed by atoms with Gasteiger partial charge in [-0.25, -0.2) is 4.99 Å². The Morgan fingerprint density at radius 1 is 1.53 bits per heavy atom. The second kappa shape index (κ2) is 3.81. The summed E-state index contributed by atoms with van der Waals surface area (Å²) >= 11 is 0. The van der Waals surface area contributed by atoms with Gasteiger partial charge in [0.2, 0.25) is 0 Å². The number of hydrogen-bond acceptors (Lipinski definition) is 4. The Morgan fingerprint density at radius 2 is 2.33 bits per heavy atom. The van der Waals surface area contributed by atoms with E-state index >= 15 is 0 Å².